The molecule has 2 aromatic carbocycles. The molecule has 0 amide bonds. The van der Waals surface area contributed by atoms with E-state index in [9.17, 15) is 9.90 Å². The van der Waals surface area contributed by atoms with Crippen LogP contribution in [0.3, 0.4) is 0 Å². The minimum atomic E-state index is -1.12. The minimum absolute atomic E-state index is 0.0278. The highest BCUT2D eigenvalue weighted by atomic mass is 16.5. The van der Waals surface area contributed by atoms with Gasteiger partial charge in [0, 0.05) is 13.0 Å². The molecule has 0 spiro atoms. The Bertz CT molecular complexity index is 858. The highest BCUT2D eigenvalue weighted by Gasteiger charge is 2.20. The Morgan fingerprint density at radius 1 is 1.29 bits per heavy atom. The maximum atomic E-state index is 11.6. The predicted octanol–water partition coefficient (Wildman–Crippen LogP) is 2.78. The molecule has 1 aromatic heterocycles. The van der Waals surface area contributed by atoms with Gasteiger partial charge in [-0.1, -0.05) is 30.3 Å². The number of benzene rings is 2. The first kappa shape index (κ1) is 16.0. The van der Waals surface area contributed by atoms with Gasteiger partial charge in [-0.3, -0.25) is 0 Å². The van der Waals surface area contributed by atoms with Crippen LogP contribution < -0.4 is 10.5 Å². The standard InChI is InChI=1S/C18H18N2O4/c1-11-20-14-7-8-15(16(18(21)22)17(14)24-11)23-10-13(19)9-12-5-3-2-4-6-12/h2-8,13H,9-10,19H2,1H3,(H,21,22). The number of hydrogen-bond acceptors (Lipinski definition) is 5. The molecule has 0 aliphatic heterocycles. The van der Waals surface area contributed by atoms with Gasteiger partial charge in [-0.25, -0.2) is 9.78 Å². The first-order valence-corrected chi connectivity index (χ1v) is 7.60. The normalized spacial score (nSPS) is 12.2. The molecule has 124 valence electrons. The van der Waals surface area contributed by atoms with Crippen molar-refractivity contribution in [2.75, 3.05) is 6.61 Å². The number of nitrogens with zero attached hydrogens (tertiary/aromatic N) is 1. The maximum absolute atomic E-state index is 11.6. The van der Waals surface area contributed by atoms with Gasteiger partial charge in [-0.15, -0.1) is 0 Å². The van der Waals surface area contributed by atoms with Crippen molar-refractivity contribution in [1.29, 1.82) is 0 Å². The number of nitrogens with two attached hydrogens (primary N) is 1. The Hall–Kier alpha value is -2.86. The number of aromatic nitrogens is 1. The van der Waals surface area contributed by atoms with Crippen molar-refractivity contribution in [3.05, 3.63) is 59.5 Å². The van der Waals surface area contributed by atoms with E-state index in [1.807, 2.05) is 30.3 Å². The topological polar surface area (TPSA) is 98.6 Å². The number of aryl methyl sites for hydroxylation is 1. The van der Waals surface area contributed by atoms with E-state index in [1.165, 1.54) is 0 Å². The number of ether oxygens (including phenoxy) is 1. The summed E-state index contributed by atoms with van der Waals surface area (Å²) in [5.41, 5.74) is 7.87. The summed E-state index contributed by atoms with van der Waals surface area (Å²) in [5, 5.41) is 9.47. The van der Waals surface area contributed by atoms with Gasteiger partial charge in [-0.05, 0) is 24.1 Å². The molecule has 6 nitrogen and oxygen atoms in total. The van der Waals surface area contributed by atoms with Gasteiger partial charge < -0.3 is 20.0 Å². The Labute approximate surface area is 138 Å². The second-order valence-electron chi connectivity index (χ2n) is 5.59. The van der Waals surface area contributed by atoms with E-state index in [2.05, 4.69) is 4.98 Å². The van der Waals surface area contributed by atoms with Gasteiger partial charge in [-0.2, -0.15) is 0 Å². The molecule has 0 aliphatic rings. The largest absolute Gasteiger partial charge is 0.491 e. The van der Waals surface area contributed by atoms with E-state index in [0.717, 1.165) is 5.56 Å². The van der Waals surface area contributed by atoms with Crippen molar-refractivity contribution in [2.45, 2.75) is 19.4 Å². The molecule has 3 aromatic rings. The molecule has 0 saturated carbocycles. The molecule has 1 atom stereocenters. The summed E-state index contributed by atoms with van der Waals surface area (Å²) in [6, 6.07) is 12.8. The van der Waals surface area contributed by atoms with E-state index in [-0.39, 0.29) is 29.5 Å². The molecule has 3 rings (SSSR count). The SMILES string of the molecule is Cc1nc2ccc(OCC(N)Cc3ccccc3)c(C(=O)O)c2o1. The molecular weight excluding hydrogens is 308 g/mol. The van der Waals surface area contributed by atoms with Crippen LogP contribution in [0.4, 0.5) is 0 Å². The lowest BCUT2D eigenvalue weighted by atomic mass is 10.1. The quantitative estimate of drug-likeness (QED) is 0.722. The molecule has 1 unspecified atom stereocenters. The van der Waals surface area contributed by atoms with Crippen LogP contribution >= 0.6 is 0 Å². The summed E-state index contributed by atoms with van der Waals surface area (Å²) in [4.78, 5) is 15.7. The van der Waals surface area contributed by atoms with Crippen LogP contribution in [0, 0.1) is 6.92 Å². The van der Waals surface area contributed by atoms with Crippen LogP contribution in [0.2, 0.25) is 0 Å². The number of carbonyl (C=O) groups is 1. The zero-order chi connectivity index (χ0) is 17.1. The average molecular weight is 326 g/mol. The van der Waals surface area contributed by atoms with Gasteiger partial charge in [0.2, 0.25) is 0 Å². The van der Waals surface area contributed by atoms with Crippen LogP contribution in [0.1, 0.15) is 21.8 Å². The van der Waals surface area contributed by atoms with Gasteiger partial charge >= 0.3 is 5.97 Å². The minimum Gasteiger partial charge on any atom is -0.491 e. The van der Waals surface area contributed by atoms with Gasteiger partial charge in [0.15, 0.2) is 11.5 Å². The summed E-state index contributed by atoms with van der Waals surface area (Å²) >= 11 is 0. The second-order valence-corrected chi connectivity index (χ2v) is 5.59. The number of fused-ring (bicyclic) bond motifs is 1. The molecular formula is C18H18N2O4. The lowest BCUT2D eigenvalue weighted by molar-refractivity contribution is 0.0693. The summed E-state index contributed by atoms with van der Waals surface area (Å²) in [7, 11) is 0. The average Bonchev–Trinajstić information content (AvgIpc) is 2.93. The fourth-order valence-electron chi connectivity index (χ4n) is 2.58. The lowest BCUT2D eigenvalue weighted by Crippen LogP contribution is -2.30. The summed E-state index contributed by atoms with van der Waals surface area (Å²) < 4.78 is 11.1. The van der Waals surface area contributed by atoms with Gasteiger partial charge in [0.05, 0.1) is 0 Å². The Balaban J connectivity index is 1.77. The third-order valence-electron chi connectivity index (χ3n) is 3.63. The zero-order valence-electron chi connectivity index (χ0n) is 13.2. The lowest BCUT2D eigenvalue weighted by Gasteiger charge is -2.14. The predicted molar refractivity (Wildman–Crippen MR) is 89.3 cm³/mol. The Kier molecular flexibility index (Phi) is 4.48. The van der Waals surface area contributed by atoms with Crippen LogP contribution in [-0.4, -0.2) is 28.7 Å². The van der Waals surface area contributed by atoms with Crippen LogP contribution in [0.25, 0.3) is 11.1 Å². The van der Waals surface area contributed by atoms with E-state index in [1.54, 1.807) is 19.1 Å². The van der Waals surface area contributed by atoms with Crippen molar-refractivity contribution in [3.63, 3.8) is 0 Å². The Morgan fingerprint density at radius 3 is 2.75 bits per heavy atom. The number of hydrogen-bond donors (Lipinski definition) is 2. The molecule has 6 heteroatoms. The smallest absolute Gasteiger partial charge is 0.343 e. The molecule has 0 radical (unpaired) electrons. The first-order chi connectivity index (χ1) is 11.5. The highest BCUT2D eigenvalue weighted by Crippen LogP contribution is 2.29. The molecule has 0 bridgehead atoms. The third-order valence-corrected chi connectivity index (χ3v) is 3.63. The maximum Gasteiger partial charge on any atom is 0.343 e. The monoisotopic (exact) mass is 326 g/mol. The molecule has 0 saturated heterocycles. The molecule has 0 fully saturated rings. The molecule has 1 heterocycles. The van der Waals surface area contributed by atoms with Crippen molar-refractivity contribution in [1.82, 2.24) is 4.98 Å². The zero-order valence-corrected chi connectivity index (χ0v) is 13.2. The van der Waals surface area contributed by atoms with E-state index in [4.69, 9.17) is 14.9 Å². The van der Waals surface area contributed by atoms with Crippen LogP contribution in [0.15, 0.2) is 46.9 Å². The van der Waals surface area contributed by atoms with Gasteiger partial charge in [0.1, 0.15) is 23.4 Å². The number of oxazole rings is 1. The number of carboxylic acids is 1. The van der Waals surface area contributed by atoms with Crippen LogP contribution in [-0.2, 0) is 6.42 Å². The fourth-order valence-corrected chi connectivity index (χ4v) is 2.58. The summed E-state index contributed by atoms with van der Waals surface area (Å²) in [6.45, 7) is 1.87. The van der Waals surface area contributed by atoms with Crippen molar-refractivity contribution in [2.24, 2.45) is 5.73 Å². The van der Waals surface area contributed by atoms with E-state index >= 15 is 0 Å². The Morgan fingerprint density at radius 2 is 2.04 bits per heavy atom. The highest BCUT2D eigenvalue weighted by molar-refractivity contribution is 6.02. The number of carboxylic acid groups (broad SMARTS) is 1. The number of aromatic carboxylic acids is 1. The van der Waals surface area contributed by atoms with E-state index in [0.29, 0.717) is 17.8 Å². The van der Waals surface area contributed by atoms with Crippen LogP contribution in [0.5, 0.6) is 5.75 Å². The van der Waals surface area contributed by atoms with Crippen molar-refractivity contribution < 1.29 is 19.1 Å². The summed E-state index contributed by atoms with van der Waals surface area (Å²) in [5.74, 6) is -0.483. The number of rotatable bonds is 6. The third kappa shape index (κ3) is 3.38. The molecule has 0 aliphatic carbocycles. The fraction of sp³-hybridized carbons (Fsp3) is 0.222. The molecule has 24 heavy (non-hydrogen) atoms. The summed E-state index contributed by atoms with van der Waals surface area (Å²) in [6.07, 6.45) is 0.646. The van der Waals surface area contributed by atoms with Crippen molar-refractivity contribution in [3.8, 4) is 5.75 Å². The first-order valence-electron chi connectivity index (χ1n) is 7.60. The van der Waals surface area contributed by atoms with E-state index < -0.39 is 5.97 Å². The van der Waals surface area contributed by atoms with Gasteiger partial charge in [0.25, 0.3) is 0 Å². The second kappa shape index (κ2) is 6.72. The molecule has 3 N–H and O–H groups in total. The van der Waals surface area contributed by atoms with Crippen molar-refractivity contribution >= 4 is 17.1 Å².